The van der Waals surface area contributed by atoms with Gasteiger partial charge in [0.25, 0.3) is 0 Å². The van der Waals surface area contributed by atoms with Crippen LogP contribution in [0.15, 0.2) is 168 Å². The van der Waals surface area contributed by atoms with E-state index in [0.717, 1.165) is 41.5 Å². The third-order valence-corrected chi connectivity index (χ3v) is 7.13. The Labute approximate surface area is 236 Å². The van der Waals surface area contributed by atoms with Gasteiger partial charge in [-0.25, -0.2) is 0 Å². The Morgan fingerprint density at radius 2 is 0.925 bits per heavy atom. The van der Waals surface area contributed by atoms with Gasteiger partial charge in [-0.05, 0) is 66.7 Å². The number of benzene rings is 4. The Morgan fingerprint density at radius 3 is 1.52 bits per heavy atom. The van der Waals surface area contributed by atoms with Crippen LogP contribution >= 0.6 is 0 Å². The van der Waals surface area contributed by atoms with E-state index in [1.807, 2.05) is 42.5 Å². The summed E-state index contributed by atoms with van der Waals surface area (Å²) in [7, 11) is 0. The Kier molecular flexibility index (Phi) is 7.77. The van der Waals surface area contributed by atoms with Crippen LogP contribution in [0.3, 0.4) is 0 Å². The van der Waals surface area contributed by atoms with Gasteiger partial charge in [0.1, 0.15) is 0 Å². The molecular weight excluding hydrogens is 488 g/mol. The first-order valence-corrected chi connectivity index (χ1v) is 13.8. The summed E-state index contributed by atoms with van der Waals surface area (Å²) in [5, 5.41) is 8.80. The van der Waals surface area contributed by atoms with Gasteiger partial charge < -0.3 is 9.80 Å². The molecule has 0 N–H and O–H groups in total. The molecule has 0 atom stereocenters. The first-order chi connectivity index (χ1) is 19.8. The van der Waals surface area contributed by atoms with Crippen molar-refractivity contribution in [2.24, 2.45) is 22.1 Å². The third-order valence-electron chi connectivity index (χ3n) is 7.13. The molecule has 6 rings (SSSR count). The molecule has 2 aliphatic carbocycles. The van der Waals surface area contributed by atoms with E-state index in [0.29, 0.717) is 11.8 Å². The highest BCUT2D eigenvalue weighted by atomic mass is 15.2. The average Bonchev–Trinajstić information content (AvgIpc) is 3.73. The lowest BCUT2D eigenvalue weighted by molar-refractivity contribution is 0.669. The minimum atomic E-state index is 0.417. The van der Waals surface area contributed by atoms with Crippen LogP contribution in [0.4, 0.5) is 34.1 Å². The molecule has 0 saturated heterocycles. The van der Waals surface area contributed by atoms with Gasteiger partial charge in [-0.1, -0.05) is 91.1 Å². The van der Waals surface area contributed by atoms with E-state index in [9.17, 15) is 0 Å². The Hall–Kier alpha value is -4.96. The number of allylic oxidation sites excluding steroid dienone is 4. The van der Waals surface area contributed by atoms with Crippen molar-refractivity contribution in [1.29, 1.82) is 0 Å². The van der Waals surface area contributed by atoms with Crippen LogP contribution in [0.2, 0.25) is 0 Å². The van der Waals surface area contributed by atoms with Gasteiger partial charge in [0.15, 0.2) is 0 Å². The zero-order chi connectivity index (χ0) is 27.0. The van der Waals surface area contributed by atoms with Crippen LogP contribution in [-0.4, -0.2) is 13.1 Å². The maximum Gasteiger partial charge on any atom is 0.0858 e. The molecule has 0 aliphatic heterocycles. The van der Waals surface area contributed by atoms with Crippen molar-refractivity contribution in [2.45, 2.75) is 0 Å². The largest absolute Gasteiger partial charge is 0.370 e. The van der Waals surface area contributed by atoms with E-state index in [4.69, 9.17) is 0 Å². The molecular formula is C36H32N4. The van der Waals surface area contributed by atoms with Crippen LogP contribution in [-0.2, 0) is 0 Å². The highest BCUT2D eigenvalue weighted by Crippen LogP contribution is 2.37. The number of para-hydroxylation sites is 1. The fraction of sp³-hybridized carbons (Fsp3) is 0.111. The predicted octanol–water partition coefficient (Wildman–Crippen LogP) is 9.86. The molecule has 2 aliphatic rings. The van der Waals surface area contributed by atoms with Crippen molar-refractivity contribution in [3.8, 4) is 0 Å². The molecule has 196 valence electrons. The molecule has 4 nitrogen and oxygen atoms in total. The summed E-state index contributed by atoms with van der Waals surface area (Å²) in [5.74, 6) is 0.835. The molecule has 0 radical (unpaired) electrons. The van der Waals surface area contributed by atoms with Crippen molar-refractivity contribution >= 4 is 34.1 Å². The first-order valence-electron chi connectivity index (χ1n) is 13.8. The molecule has 0 heterocycles. The number of anilines is 4. The van der Waals surface area contributed by atoms with Crippen molar-refractivity contribution < 1.29 is 0 Å². The molecule has 0 aromatic heterocycles. The molecule has 4 aromatic carbocycles. The normalized spacial score (nSPS) is 14.5. The minimum absolute atomic E-state index is 0.417. The number of rotatable bonds is 10. The average molecular weight is 521 g/mol. The predicted molar refractivity (Wildman–Crippen MR) is 167 cm³/mol. The SMILES string of the molecule is C1=CC(CN(CC2C=CC=C2)c2cccc(N(c3ccccc3)c3ccc(N=Nc4ccccc4)cc3)c2)C=C1. The van der Waals surface area contributed by atoms with Gasteiger partial charge in [-0.15, -0.1) is 0 Å². The van der Waals surface area contributed by atoms with Crippen molar-refractivity contribution in [2.75, 3.05) is 22.9 Å². The lowest BCUT2D eigenvalue weighted by atomic mass is 10.1. The van der Waals surface area contributed by atoms with E-state index in [2.05, 4.69) is 135 Å². The second-order valence-corrected chi connectivity index (χ2v) is 10.0. The lowest BCUT2D eigenvalue weighted by Crippen LogP contribution is -2.32. The summed E-state index contributed by atoms with van der Waals surface area (Å²) in [5.41, 5.74) is 6.16. The second-order valence-electron chi connectivity index (χ2n) is 10.0. The lowest BCUT2D eigenvalue weighted by Gasteiger charge is -2.31. The number of nitrogens with zero attached hydrogens (tertiary/aromatic N) is 4. The monoisotopic (exact) mass is 520 g/mol. The zero-order valence-electron chi connectivity index (χ0n) is 22.4. The van der Waals surface area contributed by atoms with E-state index in [1.165, 1.54) is 5.69 Å². The van der Waals surface area contributed by atoms with E-state index >= 15 is 0 Å². The van der Waals surface area contributed by atoms with Gasteiger partial charge in [0.05, 0.1) is 11.4 Å². The molecule has 0 bridgehead atoms. The molecule has 0 saturated carbocycles. The summed E-state index contributed by atoms with van der Waals surface area (Å²) in [6.45, 7) is 1.89. The molecule has 0 amide bonds. The van der Waals surface area contributed by atoms with E-state index in [-0.39, 0.29) is 0 Å². The quantitative estimate of drug-likeness (QED) is 0.195. The van der Waals surface area contributed by atoms with Crippen LogP contribution < -0.4 is 9.80 Å². The first kappa shape index (κ1) is 25.3. The Morgan fingerprint density at radius 1 is 0.450 bits per heavy atom. The fourth-order valence-electron chi connectivity index (χ4n) is 5.13. The van der Waals surface area contributed by atoms with Crippen molar-refractivity contribution in [3.05, 3.63) is 158 Å². The molecule has 40 heavy (non-hydrogen) atoms. The summed E-state index contributed by atoms with van der Waals surface area (Å²) in [6, 6.07) is 37.5. The molecule has 4 heteroatoms. The maximum atomic E-state index is 4.44. The van der Waals surface area contributed by atoms with E-state index in [1.54, 1.807) is 0 Å². The summed E-state index contributed by atoms with van der Waals surface area (Å²) in [6.07, 6.45) is 17.7. The number of hydrogen-bond donors (Lipinski definition) is 0. The summed E-state index contributed by atoms with van der Waals surface area (Å²) in [4.78, 5) is 4.81. The van der Waals surface area contributed by atoms with E-state index < -0.39 is 0 Å². The number of hydrogen-bond acceptors (Lipinski definition) is 4. The molecule has 0 unspecified atom stereocenters. The smallest absolute Gasteiger partial charge is 0.0858 e. The van der Waals surface area contributed by atoms with Crippen LogP contribution in [0.5, 0.6) is 0 Å². The third kappa shape index (κ3) is 6.19. The fourth-order valence-corrected chi connectivity index (χ4v) is 5.13. The summed E-state index contributed by atoms with van der Waals surface area (Å²) < 4.78 is 0. The van der Waals surface area contributed by atoms with Gasteiger partial charge in [0.2, 0.25) is 0 Å². The van der Waals surface area contributed by atoms with Gasteiger partial charge in [-0.3, -0.25) is 0 Å². The topological polar surface area (TPSA) is 31.2 Å². The van der Waals surface area contributed by atoms with Gasteiger partial charge >= 0.3 is 0 Å². The van der Waals surface area contributed by atoms with Crippen molar-refractivity contribution in [1.82, 2.24) is 0 Å². The molecule has 4 aromatic rings. The van der Waals surface area contributed by atoms with Crippen LogP contribution in [0.25, 0.3) is 0 Å². The second kappa shape index (κ2) is 12.3. The zero-order valence-corrected chi connectivity index (χ0v) is 22.4. The Bertz CT molecular complexity index is 1500. The molecule has 0 spiro atoms. The van der Waals surface area contributed by atoms with Gasteiger partial charge in [0, 0.05) is 47.7 Å². The Balaban J connectivity index is 1.31. The molecule has 0 fully saturated rings. The summed E-state index contributed by atoms with van der Waals surface area (Å²) >= 11 is 0. The number of azo groups is 1. The van der Waals surface area contributed by atoms with Crippen LogP contribution in [0.1, 0.15) is 0 Å². The van der Waals surface area contributed by atoms with Gasteiger partial charge in [-0.2, -0.15) is 10.2 Å². The standard InChI is InChI=1S/C36H32N4/c1-3-16-31(17-4-1)37-38-32-22-24-34(25-23-32)40(33-18-5-2-6-19-33)36-21-11-20-35(26-36)39(27-29-12-7-8-13-29)28-30-14-9-10-15-30/h1-26,29-30H,27-28H2. The minimum Gasteiger partial charge on any atom is -0.370 e. The van der Waals surface area contributed by atoms with Crippen LogP contribution in [0, 0.1) is 11.8 Å². The highest BCUT2D eigenvalue weighted by Gasteiger charge is 2.19. The highest BCUT2D eigenvalue weighted by molar-refractivity contribution is 5.79. The maximum absolute atomic E-state index is 4.44. The van der Waals surface area contributed by atoms with Crippen molar-refractivity contribution in [3.63, 3.8) is 0 Å².